The van der Waals surface area contributed by atoms with Crippen LogP contribution in [0.4, 0.5) is 0 Å². The van der Waals surface area contributed by atoms with Gasteiger partial charge in [0.05, 0.1) is 11.4 Å². The largest absolute Gasteiger partial charge is 0.396 e. The van der Waals surface area contributed by atoms with E-state index in [0.717, 1.165) is 16.9 Å². The van der Waals surface area contributed by atoms with Crippen LogP contribution >= 0.6 is 11.3 Å². The van der Waals surface area contributed by atoms with Gasteiger partial charge in [-0.25, -0.2) is 13.4 Å². The standard InChI is InChI=1S/C12H13NO3S2/c14-7-4-8-18(15,16)12-13-11(9-17-12)10-5-2-1-3-6-10/h1-3,5-6,9,14H,4,7-8H2. The molecule has 2 rings (SSSR count). The summed E-state index contributed by atoms with van der Waals surface area (Å²) in [6.45, 7) is -0.129. The molecule has 0 saturated heterocycles. The maximum Gasteiger partial charge on any atom is 0.209 e. The Labute approximate surface area is 110 Å². The first kappa shape index (κ1) is 13.2. The third-order valence-corrected chi connectivity index (χ3v) is 5.52. The maximum absolute atomic E-state index is 11.9. The predicted octanol–water partition coefficient (Wildman–Crippen LogP) is 1.97. The van der Waals surface area contributed by atoms with Crippen LogP contribution in [0.2, 0.25) is 0 Å². The van der Waals surface area contributed by atoms with E-state index in [1.54, 1.807) is 5.38 Å². The topological polar surface area (TPSA) is 67.3 Å². The first-order valence-corrected chi connectivity index (χ1v) is 8.01. The second kappa shape index (κ2) is 5.60. The Morgan fingerprint density at radius 1 is 1.22 bits per heavy atom. The Hall–Kier alpha value is -1.24. The van der Waals surface area contributed by atoms with Gasteiger partial charge in [-0.2, -0.15) is 0 Å². The van der Waals surface area contributed by atoms with E-state index in [1.807, 2.05) is 30.3 Å². The van der Waals surface area contributed by atoms with Crippen LogP contribution in [0, 0.1) is 0 Å². The number of rotatable bonds is 5. The van der Waals surface area contributed by atoms with Crippen LogP contribution in [0.15, 0.2) is 40.1 Å². The lowest BCUT2D eigenvalue weighted by Crippen LogP contribution is -2.07. The first-order valence-electron chi connectivity index (χ1n) is 5.48. The van der Waals surface area contributed by atoms with Crippen LogP contribution in [0.5, 0.6) is 0 Å². The molecule has 0 atom stereocenters. The summed E-state index contributed by atoms with van der Waals surface area (Å²) in [7, 11) is -3.36. The molecular formula is C12H13NO3S2. The van der Waals surface area contributed by atoms with Gasteiger partial charge in [-0.3, -0.25) is 0 Å². The molecule has 0 fully saturated rings. The Morgan fingerprint density at radius 2 is 1.94 bits per heavy atom. The fraction of sp³-hybridized carbons (Fsp3) is 0.250. The summed E-state index contributed by atoms with van der Waals surface area (Å²) in [5, 5.41) is 10.4. The summed E-state index contributed by atoms with van der Waals surface area (Å²) < 4.78 is 23.9. The maximum atomic E-state index is 11.9. The summed E-state index contributed by atoms with van der Waals surface area (Å²) in [5.41, 5.74) is 1.57. The summed E-state index contributed by atoms with van der Waals surface area (Å²) in [5.74, 6) is -0.0642. The van der Waals surface area contributed by atoms with Gasteiger partial charge in [0.2, 0.25) is 14.2 Å². The molecule has 4 nitrogen and oxygen atoms in total. The van der Waals surface area contributed by atoms with Gasteiger partial charge in [0, 0.05) is 17.6 Å². The molecule has 0 amide bonds. The van der Waals surface area contributed by atoms with Crippen LogP contribution in [0.3, 0.4) is 0 Å². The predicted molar refractivity (Wildman–Crippen MR) is 71.3 cm³/mol. The number of hydrogen-bond donors (Lipinski definition) is 1. The first-order chi connectivity index (χ1) is 8.63. The number of aromatic nitrogens is 1. The van der Waals surface area contributed by atoms with Crippen molar-refractivity contribution in [3.63, 3.8) is 0 Å². The SMILES string of the molecule is O=S(=O)(CCCO)c1nc(-c2ccccc2)cs1. The van der Waals surface area contributed by atoms with E-state index in [4.69, 9.17) is 5.11 Å². The number of benzene rings is 1. The molecule has 96 valence electrons. The molecule has 0 spiro atoms. The molecule has 2 aromatic rings. The third kappa shape index (κ3) is 2.95. The average molecular weight is 283 g/mol. The molecular weight excluding hydrogens is 270 g/mol. The molecule has 1 N–H and O–H groups in total. The van der Waals surface area contributed by atoms with Gasteiger partial charge in [-0.05, 0) is 6.42 Å². The van der Waals surface area contributed by atoms with Crippen LogP contribution < -0.4 is 0 Å². The van der Waals surface area contributed by atoms with E-state index in [0.29, 0.717) is 5.69 Å². The average Bonchev–Trinajstić information content (AvgIpc) is 2.88. The molecule has 0 saturated carbocycles. The fourth-order valence-electron chi connectivity index (χ4n) is 1.48. The highest BCUT2D eigenvalue weighted by Crippen LogP contribution is 2.25. The van der Waals surface area contributed by atoms with Crippen molar-refractivity contribution in [2.24, 2.45) is 0 Å². The second-order valence-electron chi connectivity index (χ2n) is 3.76. The number of aliphatic hydroxyl groups excluding tert-OH is 1. The monoisotopic (exact) mass is 283 g/mol. The van der Waals surface area contributed by atoms with E-state index >= 15 is 0 Å². The highest BCUT2D eigenvalue weighted by molar-refractivity contribution is 7.93. The van der Waals surface area contributed by atoms with Crippen LogP contribution in [0.1, 0.15) is 6.42 Å². The summed E-state index contributed by atoms with van der Waals surface area (Å²) in [6, 6.07) is 9.44. The van der Waals surface area contributed by atoms with Crippen molar-refractivity contribution in [1.82, 2.24) is 4.98 Å². The van der Waals surface area contributed by atoms with Crippen molar-refractivity contribution >= 4 is 21.2 Å². The minimum atomic E-state index is -3.36. The van der Waals surface area contributed by atoms with Gasteiger partial charge in [0.1, 0.15) is 0 Å². The van der Waals surface area contributed by atoms with E-state index in [9.17, 15) is 8.42 Å². The lowest BCUT2D eigenvalue weighted by atomic mass is 10.2. The van der Waals surface area contributed by atoms with Crippen molar-refractivity contribution in [3.8, 4) is 11.3 Å². The molecule has 1 aromatic carbocycles. The highest BCUT2D eigenvalue weighted by atomic mass is 32.2. The molecule has 1 heterocycles. The van der Waals surface area contributed by atoms with E-state index in [2.05, 4.69) is 4.98 Å². The molecule has 0 radical (unpaired) electrons. The van der Waals surface area contributed by atoms with Crippen molar-refractivity contribution in [2.75, 3.05) is 12.4 Å². The quantitative estimate of drug-likeness (QED) is 0.911. The number of thiazole rings is 1. The summed E-state index contributed by atoms with van der Waals surface area (Å²) in [4.78, 5) is 4.15. The number of nitrogens with zero attached hydrogens (tertiary/aromatic N) is 1. The lowest BCUT2D eigenvalue weighted by Gasteiger charge is -1.98. The Morgan fingerprint density at radius 3 is 2.61 bits per heavy atom. The van der Waals surface area contributed by atoms with Crippen LogP contribution in [0.25, 0.3) is 11.3 Å². The van der Waals surface area contributed by atoms with Crippen LogP contribution in [-0.4, -0.2) is 30.9 Å². The van der Waals surface area contributed by atoms with Crippen molar-refractivity contribution in [3.05, 3.63) is 35.7 Å². The molecule has 18 heavy (non-hydrogen) atoms. The molecule has 0 aliphatic carbocycles. The minimum absolute atomic E-state index is 0.0642. The molecule has 1 aromatic heterocycles. The summed E-state index contributed by atoms with van der Waals surface area (Å²) >= 11 is 1.12. The minimum Gasteiger partial charge on any atom is -0.396 e. The Kier molecular flexibility index (Phi) is 4.11. The van der Waals surface area contributed by atoms with Gasteiger partial charge in [-0.1, -0.05) is 30.3 Å². The highest BCUT2D eigenvalue weighted by Gasteiger charge is 2.18. The molecule has 0 unspecified atom stereocenters. The number of sulfone groups is 1. The second-order valence-corrected chi connectivity index (χ2v) is 6.90. The zero-order valence-corrected chi connectivity index (χ0v) is 11.2. The van der Waals surface area contributed by atoms with E-state index in [1.165, 1.54) is 0 Å². The third-order valence-electron chi connectivity index (χ3n) is 2.39. The summed E-state index contributed by atoms with van der Waals surface area (Å²) in [6.07, 6.45) is 0.239. The zero-order chi connectivity index (χ0) is 13.0. The van der Waals surface area contributed by atoms with Gasteiger partial charge < -0.3 is 5.11 Å². The van der Waals surface area contributed by atoms with Crippen molar-refractivity contribution < 1.29 is 13.5 Å². The van der Waals surface area contributed by atoms with Crippen LogP contribution in [-0.2, 0) is 9.84 Å². The van der Waals surface area contributed by atoms with E-state index < -0.39 is 9.84 Å². The number of aliphatic hydroxyl groups is 1. The van der Waals surface area contributed by atoms with Gasteiger partial charge in [-0.15, -0.1) is 11.3 Å². The van der Waals surface area contributed by atoms with E-state index in [-0.39, 0.29) is 23.1 Å². The Balaban J connectivity index is 2.26. The van der Waals surface area contributed by atoms with Gasteiger partial charge in [0.15, 0.2) is 0 Å². The normalized spacial score (nSPS) is 11.6. The molecule has 0 aliphatic rings. The molecule has 6 heteroatoms. The van der Waals surface area contributed by atoms with Gasteiger partial charge >= 0.3 is 0 Å². The molecule has 0 bridgehead atoms. The Bertz CT molecular complexity index is 605. The molecule has 0 aliphatic heterocycles. The van der Waals surface area contributed by atoms with Gasteiger partial charge in [0.25, 0.3) is 0 Å². The lowest BCUT2D eigenvalue weighted by molar-refractivity contribution is 0.295. The van der Waals surface area contributed by atoms with Crippen molar-refractivity contribution in [2.45, 2.75) is 10.8 Å². The smallest absolute Gasteiger partial charge is 0.209 e. The number of hydrogen-bond acceptors (Lipinski definition) is 5. The fourth-order valence-corrected chi connectivity index (χ4v) is 3.94. The zero-order valence-electron chi connectivity index (χ0n) is 9.61. The van der Waals surface area contributed by atoms with Crippen molar-refractivity contribution in [1.29, 1.82) is 0 Å².